The van der Waals surface area contributed by atoms with Crippen LogP contribution in [0.25, 0.3) is 0 Å². The predicted octanol–water partition coefficient (Wildman–Crippen LogP) is 4.49. The van der Waals surface area contributed by atoms with Gasteiger partial charge in [-0.1, -0.05) is 23.7 Å². The van der Waals surface area contributed by atoms with E-state index >= 15 is 0 Å². The summed E-state index contributed by atoms with van der Waals surface area (Å²) in [7, 11) is 0. The fourth-order valence-corrected chi connectivity index (χ4v) is 2.24. The summed E-state index contributed by atoms with van der Waals surface area (Å²) in [4.78, 5) is 0. The lowest BCUT2D eigenvalue weighted by Crippen LogP contribution is -2.37. The number of rotatable bonds is 7. The molecule has 0 saturated heterocycles. The highest BCUT2D eigenvalue weighted by Crippen LogP contribution is 2.24. The first-order valence-electron chi connectivity index (χ1n) is 8.00. The standard InChI is InChI=1S/C18H24ClFN2O2/c1-18(2,3)22-12-16(19)17(11-21-22)24-13-14-5-7-15(8-6-14)23-10-4-9-20/h5-8,11-12,17H,4,9-10,13H2,1-3H3. The van der Waals surface area contributed by atoms with Crippen LogP contribution in [0, 0.1) is 0 Å². The van der Waals surface area contributed by atoms with Crippen LogP contribution in [0.2, 0.25) is 0 Å². The third kappa shape index (κ3) is 5.49. The molecule has 0 bridgehead atoms. The Kier molecular flexibility index (Phi) is 6.63. The van der Waals surface area contributed by atoms with Crippen LogP contribution in [0.1, 0.15) is 32.8 Å². The first kappa shape index (κ1) is 18.7. The predicted molar refractivity (Wildman–Crippen MR) is 95.1 cm³/mol. The van der Waals surface area contributed by atoms with Crippen molar-refractivity contribution in [3.8, 4) is 5.75 Å². The Bertz CT molecular complexity index is 582. The fourth-order valence-electron chi connectivity index (χ4n) is 2.03. The molecule has 0 aromatic heterocycles. The molecule has 0 spiro atoms. The van der Waals surface area contributed by atoms with E-state index in [0.29, 0.717) is 24.7 Å². The summed E-state index contributed by atoms with van der Waals surface area (Å²) in [6.45, 7) is 6.61. The van der Waals surface area contributed by atoms with Crippen LogP contribution in [-0.2, 0) is 11.3 Å². The first-order valence-corrected chi connectivity index (χ1v) is 8.38. The Labute approximate surface area is 147 Å². The summed E-state index contributed by atoms with van der Waals surface area (Å²) < 4.78 is 23.3. The molecule has 2 rings (SSSR count). The quantitative estimate of drug-likeness (QED) is 0.676. The zero-order valence-corrected chi connectivity index (χ0v) is 15.1. The summed E-state index contributed by atoms with van der Waals surface area (Å²) >= 11 is 6.30. The molecule has 1 aromatic rings. The summed E-state index contributed by atoms with van der Waals surface area (Å²) in [6, 6.07) is 7.54. The highest BCUT2D eigenvalue weighted by atomic mass is 35.5. The smallest absolute Gasteiger partial charge is 0.132 e. The molecule has 0 saturated carbocycles. The van der Waals surface area contributed by atoms with E-state index in [9.17, 15) is 4.39 Å². The molecule has 1 aromatic carbocycles. The zero-order valence-electron chi connectivity index (χ0n) is 14.3. The van der Waals surface area contributed by atoms with Crippen LogP contribution < -0.4 is 4.74 Å². The van der Waals surface area contributed by atoms with Crippen molar-refractivity contribution < 1.29 is 13.9 Å². The van der Waals surface area contributed by atoms with Crippen molar-refractivity contribution in [2.45, 2.75) is 45.4 Å². The van der Waals surface area contributed by atoms with Gasteiger partial charge < -0.3 is 9.47 Å². The Balaban J connectivity index is 1.84. The van der Waals surface area contributed by atoms with Gasteiger partial charge in [-0.3, -0.25) is 9.40 Å². The molecule has 0 N–H and O–H groups in total. The van der Waals surface area contributed by atoms with E-state index in [-0.39, 0.29) is 18.3 Å². The van der Waals surface area contributed by atoms with Crippen LogP contribution in [0.5, 0.6) is 5.75 Å². The molecule has 24 heavy (non-hydrogen) atoms. The Morgan fingerprint density at radius 3 is 2.54 bits per heavy atom. The van der Waals surface area contributed by atoms with Crippen molar-refractivity contribution >= 4 is 17.8 Å². The summed E-state index contributed by atoms with van der Waals surface area (Å²) in [5.41, 5.74) is 0.878. The number of benzene rings is 1. The monoisotopic (exact) mass is 354 g/mol. The number of halogens is 2. The van der Waals surface area contributed by atoms with Gasteiger partial charge in [0.05, 0.1) is 36.7 Å². The highest BCUT2D eigenvalue weighted by Gasteiger charge is 2.24. The van der Waals surface area contributed by atoms with Gasteiger partial charge in [0, 0.05) is 12.6 Å². The third-order valence-electron chi connectivity index (χ3n) is 3.43. The van der Waals surface area contributed by atoms with Crippen molar-refractivity contribution in [3.63, 3.8) is 0 Å². The molecule has 0 radical (unpaired) electrons. The van der Waals surface area contributed by atoms with E-state index in [1.165, 1.54) is 0 Å². The van der Waals surface area contributed by atoms with Gasteiger partial charge in [-0.2, -0.15) is 5.10 Å². The van der Waals surface area contributed by atoms with Crippen molar-refractivity contribution in [3.05, 3.63) is 41.1 Å². The minimum atomic E-state index is -0.365. The lowest BCUT2D eigenvalue weighted by Gasteiger charge is -2.33. The third-order valence-corrected chi connectivity index (χ3v) is 3.74. The number of nitrogens with zero attached hydrogens (tertiary/aromatic N) is 2. The van der Waals surface area contributed by atoms with E-state index in [2.05, 4.69) is 25.9 Å². The zero-order chi connectivity index (χ0) is 17.6. The first-order chi connectivity index (χ1) is 11.4. The molecule has 4 nitrogen and oxygen atoms in total. The molecule has 1 aliphatic heterocycles. The second-order valence-corrected chi connectivity index (χ2v) is 7.00. The number of hydrogen-bond donors (Lipinski definition) is 0. The van der Waals surface area contributed by atoms with Crippen LogP contribution in [0.4, 0.5) is 4.39 Å². The molecular formula is C18H24ClFN2O2. The van der Waals surface area contributed by atoms with Gasteiger partial charge >= 0.3 is 0 Å². The van der Waals surface area contributed by atoms with Gasteiger partial charge in [0.1, 0.15) is 11.9 Å². The highest BCUT2D eigenvalue weighted by molar-refractivity contribution is 6.31. The fraction of sp³-hybridized carbons (Fsp3) is 0.500. The lowest BCUT2D eigenvalue weighted by atomic mass is 10.1. The van der Waals surface area contributed by atoms with Crippen LogP contribution in [0.15, 0.2) is 40.6 Å². The summed E-state index contributed by atoms with van der Waals surface area (Å²) in [5, 5.41) is 6.79. The normalized spacial score (nSPS) is 17.8. The van der Waals surface area contributed by atoms with Crippen LogP contribution in [-0.4, -0.2) is 36.1 Å². The van der Waals surface area contributed by atoms with Gasteiger partial charge in [-0.25, -0.2) is 0 Å². The molecular weight excluding hydrogens is 331 g/mol. The van der Waals surface area contributed by atoms with Crippen molar-refractivity contribution in [2.24, 2.45) is 5.10 Å². The van der Waals surface area contributed by atoms with Gasteiger partial charge in [-0.15, -0.1) is 0 Å². The number of alkyl halides is 1. The van der Waals surface area contributed by atoms with E-state index in [4.69, 9.17) is 21.1 Å². The minimum absolute atomic E-state index is 0.125. The largest absolute Gasteiger partial charge is 0.494 e. The molecule has 0 fully saturated rings. The van der Waals surface area contributed by atoms with Crippen molar-refractivity contribution in [2.75, 3.05) is 13.3 Å². The lowest BCUT2D eigenvalue weighted by molar-refractivity contribution is 0.103. The maximum atomic E-state index is 12.0. The molecule has 1 atom stereocenters. The molecule has 1 heterocycles. The van der Waals surface area contributed by atoms with Gasteiger partial charge in [0.2, 0.25) is 0 Å². The number of hydrogen-bond acceptors (Lipinski definition) is 4. The number of hydrazone groups is 1. The van der Waals surface area contributed by atoms with Crippen LogP contribution in [0.3, 0.4) is 0 Å². The average Bonchev–Trinajstić information content (AvgIpc) is 2.54. The van der Waals surface area contributed by atoms with Gasteiger partial charge in [0.15, 0.2) is 0 Å². The van der Waals surface area contributed by atoms with E-state index in [1.54, 1.807) is 12.4 Å². The van der Waals surface area contributed by atoms with E-state index in [0.717, 1.165) is 11.3 Å². The van der Waals surface area contributed by atoms with E-state index < -0.39 is 0 Å². The topological polar surface area (TPSA) is 34.1 Å². The Morgan fingerprint density at radius 1 is 1.25 bits per heavy atom. The summed E-state index contributed by atoms with van der Waals surface area (Å²) in [6.07, 6.45) is 3.57. The Morgan fingerprint density at radius 2 is 1.96 bits per heavy atom. The molecule has 0 amide bonds. The maximum Gasteiger partial charge on any atom is 0.132 e. The molecule has 132 valence electrons. The van der Waals surface area contributed by atoms with Gasteiger partial charge in [0.25, 0.3) is 0 Å². The summed E-state index contributed by atoms with van der Waals surface area (Å²) in [5.74, 6) is 0.727. The van der Waals surface area contributed by atoms with Crippen molar-refractivity contribution in [1.29, 1.82) is 0 Å². The minimum Gasteiger partial charge on any atom is -0.494 e. The van der Waals surface area contributed by atoms with Gasteiger partial charge in [-0.05, 0) is 38.5 Å². The van der Waals surface area contributed by atoms with E-state index in [1.807, 2.05) is 29.3 Å². The number of ether oxygens (including phenoxy) is 2. The second kappa shape index (κ2) is 8.49. The van der Waals surface area contributed by atoms with Crippen molar-refractivity contribution in [1.82, 2.24) is 5.01 Å². The average molecular weight is 355 g/mol. The second-order valence-electron chi connectivity index (χ2n) is 6.56. The molecule has 0 aliphatic carbocycles. The molecule has 1 aliphatic rings. The van der Waals surface area contributed by atoms with Crippen LogP contribution >= 0.6 is 11.6 Å². The Hall–Kier alpha value is -1.59. The molecule has 1 unspecified atom stereocenters. The molecule has 6 heteroatoms. The SMILES string of the molecule is CC(C)(C)N1C=C(Cl)C(OCc2ccc(OCCCF)cc2)C=N1. The maximum absolute atomic E-state index is 12.0.